The van der Waals surface area contributed by atoms with Crippen LogP contribution in [0.1, 0.15) is 21.5 Å². The Morgan fingerprint density at radius 1 is 1.27 bits per heavy atom. The molecule has 1 aromatic heterocycles. The van der Waals surface area contributed by atoms with Crippen LogP contribution < -0.4 is 4.73 Å². The fourth-order valence-corrected chi connectivity index (χ4v) is 2.90. The molecule has 1 aliphatic heterocycles. The van der Waals surface area contributed by atoms with E-state index in [1.54, 1.807) is 11.0 Å². The summed E-state index contributed by atoms with van der Waals surface area (Å²) in [6.45, 7) is 0.981. The normalized spacial score (nSPS) is 18.0. The van der Waals surface area contributed by atoms with E-state index in [1.807, 2.05) is 0 Å². The minimum absolute atomic E-state index is 0.233. The van der Waals surface area contributed by atoms with E-state index in [4.69, 9.17) is 4.74 Å². The van der Waals surface area contributed by atoms with Gasteiger partial charge in [0.25, 0.3) is 5.91 Å². The lowest BCUT2D eigenvalue weighted by atomic mass is 10.0. The summed E-state index contributed by atoms with van der Waals surface area (Å²) >= 11 is 0. The molecule has 8 heteroatoms. The Labute approximate surface area is 148 Å². The minimum Gasteiger partial charge on any atom is -0.619 e. The Morgan fingerprint density at radius 3 is 2.69 bits per heavy atom. The van der Waals surface area contributed by atoms with Crippen LogP contribution >= 0.6 is 0 Å². The van der Waals surface area contributed by atoms with Crippen molar-refractivity contribution in [2.45, 2.75) is 18.7 Å². The third-order valence-electron chi connectivity index (χ3n) is 4.19. The number of carbonyl (C=O) groups is 1. The molecule has 3 rings (SSSR count). The molecule has 0 radical (unpaired) electrons. The molecule has 1 saturated heterocycles. The predicted molar refractivity (Wildman–Crippen MR) is 86.2 cm³/mol. The molecule has 2 aromatic rings. The zero-order valence-electron chi connectivity index (χ0n) is 13.8. The largest absolute Gasteiger partial charge is 0.619 e. The SMILES string of the molecule is O=C(c1cc[n+]([O-])cc1)N1CCO[C@@H](Cc2cccc(C(F)(F)F)c2)C1. The first-order valence-electron chi connectivity index (χ1n) is 8.09. The molecule has 1 atom stereocenters. The van der Waals surface area contributed by atoms with Crippen LogP contribution in [0.4, 0.5) is 13.2 Å². The number of pyridine rings is 1. The summed E-state index contributed by atoms with van der Waals surface area (Å²) in [5.41, 5.74) is 0.192. The van der Waals surface area contributed by atoms with E-state index in [2.05, 4.69) is 0 Å². The maximum absolute atomic E-state index is 12.8. The molecule has 0 bridgehead atoms. The van der Waals surface area contributed by atoms with E-state index in [0.717, 1.165) is 12.1 Å². The van der Waals surface area contributed by atoms with Gasteiger partial charge in [0.15, 0.2) is 12.4 Å². The molecular formula is C18H17F3N2O3. The molecule has 0 saturated carbocycles. The molecule has 0 spiro atoms. The summed E-state index contributed by atoms with van der Waals surface area (Å²) in [7, 11) is 0. The molecule has 1 aromatic carbocycles. The van der Waals surface area contributed by atoms with E-state index in [1.165, 1.54) is 30.6 Å². The second kappa shape index (κ2) is 7.33. The van der Waals surface area contributed by atoms with Gasteiger partial charge in [-0.25, -0.2) is 0 Å². The predicted octanol–water partition coefficient (Wildman–Crippen LogP) is 2.42. The van der Waals surface area contributed by atoms with Gasteiger partial charge >= 0.3 is 6.18 Å². The summed E-state index contributed by atoms with van der Waals surface area (Å²) in [6.07, 6.45) is -2.01. The van der Waals surface area contributed by atoms with Crippen molar-refractivity contribution in [1.29, 1.82) is 0 Å². The fourth-order valence-electron chi connectivity index (χ4n) is 2.90. The summed E-state index contributed by atoms with van der Waals surface area (Å²) < 4.78 is 44.7. The van der Waals surface area contributed by atoms with Gasteiger partial charge in [0.2, 0.25) is 0 Å². The van der Waals surface area contributed by atoms with Crippen molar-refractivity contribution >= 4 is 5.91 Å². The quantitative estimate of drug-likeness (QED) is 0.619. The lowest BCUT2D eigenvalue weighted by Crippen LogP contribution is -2.46. The van der Waals surface area contributed by atoms with Crippen molar-refractivity contribution in [2.75, 3.05) is 19.7 Å². The molecule has 1 aliphatic rings. The van der Waals surface area contributed by atoms with Crippen LogP contribution in [0.2, 0.25) is 0 Å². The van der Waals surface area contributed by atoms with Crippen LogP contribution in [0.3, 0.4) is 0 Å². The highest BCUT2D eigenvalue weighted by molar-refractivity contribution is 5.94. The van der Waals surface area contributed by atoms with Crippen LogP contribution in [-0.4, -0.2) is 36.6 Å². The topological polar surface area (TPSA) is 56.5 Å². The van der Waals surface area contributed by atoms with Crippen molar-refractivity contribution in [2.24, 2.45) is 0 Å². The monoisotopic (exact) mass is 366 g/mol. The Kier molecular flexibility index (Phi) is 5.13. The number of carbonyl (C=O) groups excluding carboxylic acids is 1. The highest BCUT2D eigenvalue weighted by atomic mass is 19.4. The molecule has 0 unspecified atom stereocenters. The van der Waals surface area contributed by atoms with Gasteiger partial charge in [0, 0.05) is 31.6 Å². The second-order valence-electron chi connectivity index (χ2n) is 6.09. The lowest BCUT2D eigenvalue weighted by molar-refractivity contribution is -0.605. The number of morpholine rings is 1. The number of nitrogens with zero attached hydrogens (tertiary/aromatic N) is 2. The summed E-state index contributed by atoms with van der Waals surface area (Å²) in [6, 6.07) is 7.99. The molecule has 0 N–H and O–H groups in total. The first-order chi connectivity index (χ1) is 12.3. The van der Waals surface area contributed by atoms with Crippen LogP contribution in [0, 0.1) is 5.21 Å². The first kappa shape index (κ1) is 18.2. The van der Waals surface area contributed by atoms with Gasteiger partial charge < -0.3 is 14.8 Å². The highest BCUT2D eigenvalue weighted by Gasteiger charge is 2.31. The Hall–Kier alpha value is -2.61. The van der Waals surface area contributed by atoms with E-state index in [0.29, 0.717) is 29.0 Å². The third kappa shape index (κ3) is 4.32. The number of hydrogen-bond acceptors (Lipinski definition) is 3. The van der Waals surface area contributed by atoms with Crippen molar-refractivity contribution in [3.63, 3.8) is 0 Å². The van der Waals surface area contributed by atoms with Crippen molar-refractivity contribution in [3.8, 4) is 0 Å². The minimum atomic E-state index is -4.39. The molecule has 5 nitrogen and oxygen atoms in total. The number of aromatic nitrogens is 1. The van der Waals surface area contributed by atoms with Gasteiger partial charge in [-0.2, -0.15) is 17.9 Å². The Bertz CT molecular complexity index is 778. The number of rotatable bonds is 3. The molecule has 1 fully saturated rings. The smallest absolute Gasteiger partial charge is 0.416 e. The Morgan fingerprint density at radius 2 is 2.00 bits per heavy atom. The van der Waals surface area contributed by atoms with Crippen molar-refractivity contribution in [3.05, 3.63) is 70.7 Å². The van der Waals surface area contributed by atoms with Crippen LogP contribution in [0.15, 0.2) is 48.8 Å². The summed E-state index contributed by atoms with van der Waals surface area (Å²) in [4.78, 5) is 14.1. The van der Waals surface area contributed by atoms with Gasteiger partial charge in [-0.15, -0.1) is 0 Å². The van der Waals surface area contributed by atoms with Gasteiger partial charge in [-0.3, -0.25) is 4.79 Å². The maximum atomic E-state index is 12.8. The van der Waals surface area contributed by atoms with E-state index in [-0.39, 0.29) is 25.0 Å². The van der Waals surface area contributed by atoms with Crippen LogP contribution in [-0.2, 0) is 17.3 Å². The summed E-state index contributed by atoms with van der Waals surface area (Å²) in [5.74, 6) is -0.233. The molecule has 138 valence electrons. The number of amides is 1. The molecule has 2 heterocycles. The lowest BCUT2D eigenvalue weighted by Gasteiger charge is -2.33. The number of benzene rings is 1. The van der Waals surface area contributed by atoms with Crippen molar-refractivity contribution in [1.82, 2.24) is 4.90 Å². The average Bonchev–Trinajstić information content (AvgIpc) is 2.61. The Balaban J connectivity index is 1.67. The van der Waals surface area contributed by atoms with Gasteiger partial charge in [-0.1, -0.05) is 18.2 Å². The molecule has 0 aliphatic carbocycles. The van der Waals surface area contributed by atoms with Crippen LogP contribution in [0.5, 0.6) is 0 Å². The zero-order valence-corrected chi connectivity index (χ0v) is 13.8. The second-order valence-corrected chi connectivity index (χ2v) is 6.09. The third-order valence-corrected chi connectivity index (χ3v) is 4.19. The number of ether oxygens (including phenoxy) is 1. The van der Waals surface area contributed by atoms with Gasteiger partial charge in [0.05, 0.1) is 23.8 Å². The molecule has 1 amide bonds. The van der Waals surface area contributed by atoms with E-state index < -0.39 is 11.7 Å². The summed E-state index contributed by atoms with van der Waals surface area (Å²) in [5, 5.41) is 11.1. The van der Waals surface area contributed by atoms with Crippen molar-refractivity contribution < 1.29 is 27.4 Å². The number of halogens is 3. The highest BCUT2D eigenvalue weighted by Crippen LogP contribution is 2.30. The number of alkyl halides is 3. The fraction of sp³-hybridized carbons (Fsp3) is 0.333. The molecule has 26 heavy (non-hydrogen) atoms. The van der Waals surface area contributed by atoms with Gasteiger partial charge in [0.1, 0.15) is 0 Å². The van der Waals surface area contributed by atoms with Gasteiger partial charge in [-0.05, 0) is 11.6 Å². The average molecular weight is 366 g/mol. The molecular weight excluding hydrogens is 349 g/mol. The zero-order chi connectivity index (χ0) is 18.7. The standard InChI is InChI=1S/C18H17F3N2O3/c19-18(20,21)15-3-1-2-13(10-15)11-16-12-22(8-9-26-16)17(24)14-4-6-23(25)7-5-14/h1-7,10,16H,8-9,11-12H2/t16-/m0/s1. The van der Waals surface area contributed by atoms with Crippen LogP contribution in [0.25, 0.3) is 0 Å². The van der Waals surface area contributed by atoms with E-state index >= 15 is 0 Å². The first-order valence-corrected chi connectivity index (χ1v) is 8.09. The number of hydrogen-bond donors (Lipinski definition) is 0. The maximum Gasteiger partial charge on any atom is 0.416 e. The van der Waals surface area contributed by atoms with E-state index in [9.17, 15) is 23.2 Å².